The molecular formula is C14H20Br2N2O3. The minimum absolute atomic E-state index is 0.412. The molecule has 1 aromatic heterocycles. The normalized spacial score (nSPS) is 11.9. The van der Waals surface area contributed by atoms with E-state index >= 15 is 0 Å². The summed E-state index contributed by atoms with van der Waals surface area (Å²) in [6.07, 6.45) is 3.39. The summed E-state index contributed by atoms with van der Waals surface area (Å²) in [5, 5.41) is 5.85. The maximum absolute atomic E-state index is 11.4. The van der Waals surface area contributed by atoms with E-state index in [9.17, 15) is 4.79 Å². The fourth-order valence-corrected chi connectivity index (χ4v) is 2.04. The number of halogens is 2. The highest BCUT2D eigenvalue weighted by molar-refractivity contribution is 9.13. The molecule has 2 N–H and O–H groups in total. The molecule has 1 aromatic rings. The van der Waals surface area contributed by atoms with E-state index in [1.165, 1.54) is 0 Å². The van der Waals surface area contributed by atoms with E-state index in [0.717, 1.165) is 10.2 Å². The van der Waals surface area contributed by atoms with Gasteiger partial charge in [0.15, 0.2) is 4.67 Å². The summed E-state index contributed by atoms with van der Waals surface area (Å²) >= 11 is 6.65. The van der Waals surface area contributed by atoms with E-state index < -0.39 is 11.7 Å². The van der Waals surface area contributed by atoms with Gasteiger partial charge in [-0.3, -0.25) is 0 Å². The zero-order valence-electron chi connectivity index (χ0n) is 12.3. The molecule has 0 unspecified atom stereocenters. The highest BCUT2D eigenvalue weighted by atomic mass is 79.9. The lowest BCUT2D eigenvalue weighted by Crippen LogP contribution is -2.32. The van der Waals surface area contributed by atoms with Crippen LogP contribution in [-0.2, 0) is 11.3 Å². The maximum Gasteiger partial charge on any atom is 0.407 e. The zero-order valence-corrected chi connectivity index (χ0v) is 15.5. The number of furan rings is 1. The van der Waals surface area contributed by atoms with Crippen molar-refractivity contribution in [3.63, 3.8) is 0 Å². The van der Waals surface area contributed by atoms with Gasteiger partial charge >= 0.3 is 6.09 Å². The van der Waals surface area contributed by atoms with Crippen molar-refractivity contribution in [2.75, 3.05) is 13.1 Å². The Hall–Kier alpha value is -0.790. The standard InChI is InChI=1S/C14H20Br2N2O3/c1-14(2,3)21-13(19)18-7-5-4-6-17-9-10-8-11(15)12(16)20-10/h4-5,8,17H,6-7,9H2,1-3H3,(H,18,19)/b5-4+. The Morgan fingerprint density at radius 1 is 1.33 bits per heavy atom. The van der Waals surface area contributed by atoms with Gasteiger partial charge in [0, 0.05) is 13.1 Å². The molecule has 21 heavy (non-hydrogen) atoms. The molecule has 0 radical (unpaired) electrons. The average molecular weight is 424 g/mol. The van der Waals surface area contributed by atoms with Crippen LogP contribution in [0.4, 0.5) is 4.79 Å². The molecule has 0 aliphatic rings. The molecule has 0 aromatic carbocycles. The third-order valence-corrected chi connectivity index (χ3v) is 3.90. The molecule has 0 saturated carbocycles. The van der Waals surface area contributed by atoms with Crippen LogP contribution in [-0.4, -0.2) is 24.8 Å². The van der Waals surface area contributed by atoms with Gasteiger partial charge in [0.05, 0.1) is 11.0 Å². The molecule has 1 heterocycles. The first-order chi connectivity index (χ1) is 9.78. The lowest BCUT2D eigenvalue weighted by molar-refractivity contribution is 0.0534. The molecule has 0 aliphatic carbocycles. The van der Waals surface area contributed by atoms with Crippen molar-refractivity contribution in [2.45, 2.75) is 32.9 Å². The summed E-state index contributed by atoms with van der Waals surface area (Å²) in [7, 11) is 0. The summed E-state index contributed by atoms with van der Waals surface area (Å²) < 4.78 is 12.1. The molecule has 0 atom stereocenters. The molecule has 0 saturated heterocycles. The number of rotatable bonds is 6. The Bertz CT molecular complexity index is 473. The summed E-state index contributed by atoms with van der Waals surface area (Å²) in [5.41, 5.74) is -0.471. The number of carbonyl (C=O) groups excluding carboxylic acids is 1. The predicted octanol–water partition coefficient (Wildman–Crippen LogP) is 3.98. The maximum atomic E-state index is 11.4. The van der Waals surface area contributed by atoms with E-state index in [4.69, 9.17) is 9.15 Å². The minimum atomic E-state index is -0.471. The highest BCUT2D eigenvalue weighted by Gasteiger charge is 2.14. The van der Waals surface area contributed by atoms with Gasteiger partial charge in [-0.25, -0.2) is 4.79 Å². The Balaban J connectivity index is 2.11. The van der Waals surface area contributed by atoms with Gasteiger partial charge in [-0.1, -0.05) is 12.2 Å². The van der Waals surface area contributed by atoms with Gasteiger partial charge in [-0.05, 0) is 58.7 Å². The van der Waals surface area contributed by atoms with Crippen LogP contribution < -0.4 is 10.6 Å². The van der Waals surface area contributed by atoms with Crippen molar-refractivity contribution >= 4 is 38.0 Å². The van der Waals surface area contributed by atoms with Gasteiger partial charge in [-0.2, -0.15) is 0 Å². The topological polar surface area (TPSA) is 63.5 Å². The SMILES string of the molecule is CC(C)(C)OC(=O)NC/C=C/CNCc1cc(Br)c(Br)o1. The first-order valence-electron chi connectivity index (χ1n) is 6.54. The molecule has 0 fully saturated rings. The predicted molar refractivity (Wildman–Crippen MR) is 89.2 cm³/mol. The summed E-state index contributed by atoms with van der Waals surface area (Å²) in [6, 6.07) is 1.91. The number of hydrogen-bond acceptors (Lipinski definition) is 4. The molecule has 1 amide bonds. The smallest absolute Gasteiger partial charge is 0.407 e. The van der Waals surface area contributed by atoms with E-state index in [1.807, 2.05) is 39.0 Å². The molecular weight excluding hydrogens is 404 g/mol. The second-order valence-corrected chi connectivity index (χ2v) is 6.89. The highest BCUT2D eigenvalue weighted by Crippen LogP contribution is 2.26. The fourth-order valence-electron chi connectivity index (χ4n) is 1.38. The first-order valence-corrected chi connectivity index (χ1v) is 8.13. The minimum Gasteiger partial charge on any atom is -0.452 e. The van der Waals surface area contributed by atoms with E-state index in [2.05, 4.69) is 42.5 Å². The Labute approximate surface area is 141 Å². The quantitative estimate of drug-likeness (QED) is 0.536. The largest absolute Gasteiger partial charge is 0.452 e. The van der Waals surface area contributed by atoms with Gasteiger partial charge in [0.1, 0.15) is 11.4 Å². The van der Waals surface area contributed by atoms with Crippen LogP contribution in [0.5, 0.6) is 0 Å². The van der Waals surface area contributed by atoms with Crippen LogP contribution in [0.25, 0.3) is 0 Å². The van der Waals surface area contributed by atoms with Crippen molar-refractivity contribution in [1.29, 1.82) is 0 Å². The van der Waals surface area contributed by atoms with Gasteiger partial charge in [0.25, 0.3) is 0 Å². The van der Waals surface area contributed by atoms with Crippen LogP contribution in [0.3, 0.4) is 0 Å². The third-order valence-electron chi connectivity index (χ3n) is 2.19. The number of hydrogen-bond donors (Lipinski definition) is 2. The van der Waals surface area contributed by atoms with E-state index in [1.54, 1.807) is 0 Å². The van der Waals surface area contributed by atoms with Crippen molar-refractivity contribution < 1.29 is 13.9 Å². The van der Waals surface area contributed by atoms with E-state index in [-0.39, 0.29) is 0 Å². The van der Waals surface area contributed by atoms with Crippen molar-refractivity contribution in [3.05, 3.63) is 33.1 Å². The molecule has 7 heteroatoms. The fraction of sp³-hybridized carbons (Fsp3) is 0.500. The van der Waals surface area contributed by atoms with Gasteiger partial charge < -0.3 is 19.8 Å². The lowest BCUT2D eigenvalue weighted by Gasteiger charge is -2.19. The first kappa shape index (κ1) is 18.3. The third kappa shape index (κ3) is 8.28. The summed E-state index contributed by atoms with van der Waals surface area (Å²) in [4.78, 5) is 11.4. The molecule has 0 bridgehead atoms. The second-order valence-electron chi connectivity index (χ2n) is 5.32. The zero-order chi connectivity index (χ0) is 15.9. The van der Waals surface area contributed by atoms with Crippen LogP contribution in [0.15, 0.2) is 31.8 Å². The average Bonchev–Trinajstić information content (AvgIpc) is 2.65. The van der Waals surface area contributed by atoms with Gasteiger partial charge in [-0.15, -0.1) is 0 Å². The number of carbonyl (C=O) groups is 1. The Morgan fingerprint density at radius 2 is 2.00 bits per heavy atom. The summed E-state index contributed by atoms with van der Waals surface area (Å²) in [5.74, 6) is 0.842. The lowest BCUT2D eigenvalue weighted by atomic mass is 10.2. The van der Waals surface area contributed by atoms with E-state index in [0.29, 0.717) is 24.3 Å². The second kappa shape index (κ2) is 8.60. The van der Waals surface area contributed by atoms with Crippen LogP contribution in [0.2, 0.25) is 0 Å². The Kier molecular flexibility index (Phi) is 7.48. The molecule has 118 valence electrons. The summed E-state index contributed by atoms with van der Waals surface area (Å²) in [6.45, 7) is 7.25. The number of nitrogens with one attached hydrogen (secondary N) is 2. The molecule has 0 aliphatic heterocycles. The van der Waals surface area contributed by atoms with Crippen molar-refractivity contribution in [2.24, 2.45) is 0 Å². The monoisotopic (exact) mass is 422 g/mol. The molecule has 1 rings (SSSR count). The number of alkyl carbamates (subject to hydrolysis) is 1. The number of amides is 1. The van der Waals surface area contributed by atoms with Crippen LogP contribution in [0.1, 0.15) is 26.5 Å². The van der Waals surface area contributed by atoms with Crippen LogP contribution >= 0.6 is 31.9 Å². The van der Waals surface area contributed by atoms with Crippen molar-refractivity contribution in [3.8, 4) is 0 Å². The van der Waals surface area contributed by atoms with Gasteiger partial charge in [0.2, 0.25) is 0 Å². The molecule has 5 nitrogen and oxygen atoms in total. The molecule has 0 spiro atoms. The Morgan fingerprint density at radius 3 is 2.57 bits per heavy atom. The number of ether oxygens (including phenoxy) is 1. The van der Waals surface area contributed by atoms with Crippen LogP contribution in [0, 0.1) is 0 Å². The van der Waals surface area contributed by atoms with Crippen molar-refractivity contribution in [1.82, 2.24) is 10.6 Å².